The number of carbonyl (C=O) groups is 1. The maximum absolute atomic E-state index is 12.7. The molecule has 1 aromatic heterocycles. The number of aryl methyl sites for hydroxylation is 1. The molecule has 0 aliphatic rings. The lowest BCUT2D eigenvalue weighted by molar-refractivity contribution is -0.137. The predicted molar refractivity (Wildman–Crippen MR) is 86.9 cm³/mol. The quantitative estimate of drug-likeness (QED) is 0.744. The summed E-state index contributed by atoms with van der Waals surface area (Å²) in [7, 11) is 0. The number of carbonyl (C=O) groups excluding carboxylic acids is 1. The molecule has 0 radical (unpaired) electrons. The Morgan fingerprint density at radius 2 is 2.04 bits per heavy atom. The maximum atomic E-state index is 12.7. The SMILES string of the molecule is CCCCCc1nnc(NC(=O)Cc2cccc(C(F)(F)F)c2)s1. The van der Waals surface area contributed by atoms with Crippen LogP contribution in [0.3, 0.4) is 0 Å². The van der Waals surface area contributed by atoms with Gasteiger partial charge in [0.25, 0.3) is 0 Å². The van der Waals surface area contributed by atoms with E-state index >= 15 is 0 Å². The minimum atomic E-state index is -4.42. The molecule has 0 aliphatic carbocycles. The molecule has 24 heavy (non-hydrogen) atoms. The van der Waals surface area contributed by atoms with Crippen molar-refractivity contribution in [3.05, 3.63) is 40.4 Å². The van der Waals surface area contributed by atoms with Crippen LogP contribution in [0.25, 0.3) is 0 Å². The number of rotatable bonds is 7. The highest BCUT2D eigenvalue weighted by atomic mass is 32.1. The van der Waals surface area contributed by atoms with Crippen LogP contribution in [-0.4, -0.2) is 16.1 Å². The van der Waals surface area contributed by atoms with E-state index in [1.165, 1.54) is 23.5 Å². The number of hydrogen-bond acceptors (Lipinski definition) is 4. The smallest absolute Gasteiger partial charge is 0.300 e. The number of hydrogen-bond donors (Lipinski definition) is 1. The standard InChI is InChI=1S/C16H18F3N3OS/c1-2-3-4-8-14-21-22-15(24-14)20-13(23)10-11-6-5-7-12(9-11)16(17,18)19/h5-7,9H,2-4,8,10H2,1H3,(H,20,22,23). The van der Waals surface area contributed by atoms with Gasteiger partial charge in [0.1, 0.15) is 5.01 Å². The fourth-order valence-corrected chi connectivity index (χ4v) is 2.94. The van der Waals surface area contributed by atoms with Gasteiger partial charge in [-0.25, -0.2) is 0 Å². The van der Waals surface area contributed by atoms with Gasteiger partial charge in [-0.3, -0.25) is 4.79 Å². The number of nitrogens with one attached hydrogen (secondary N) is 1. The number of anilines is 1. The molecule has 1 aromatic carbocycles. The first kappa shape index (κ1) is 18.4. The lowest BCUT2D eigenvalue weighted by atomic mass is 10.1. The maximum Gasteiger partial charge on any atom is 0.416 e. The number of amides is 1. The second kappa shape index (κ2) is 8.23. The second-order valence-corrected chi connectivity index (χ2v) is 6.44. The molecule has 0 unspecified atom stereocenters. The van der Waals surface area contributed by atoms with Crippen LogP contribution in [0.5, 0.6) is 0 Å². The van der Waals surface area contributed by atoms with Crippen molar-refractivity contribution in [3.8, 4) is 0 Å². The summed E-state index contributed by atoms with van der Waals surface area (Å²) in [4.78, 5) is 12.0. The molecule has 0 bridgehead atoms. The molecule has 0 saturated heterocycles. The lowest BCUT2D eigenvalue weighted by Gasteiger charge is -2.08. The minimum Gasteiger partial charge on any atom is -0.300 e. The Balaban J connectivity index is 1.91. The van der Waals surface area contributed by atoms with Crippen molar-refractivity contribution < 1.29 is 18.0 Å². The minimum absolute atomic E-state index is 0.144. The molecule has 1 heterocycles. The van der Waals surface area contributed by atoms with E-state index in [0.29, 0.717) is 10.7 Å². The van der Waals surface area contributed by atoms with Crippen molar-refractivity contribution in [2.45, 2.75) is 45.2 Å². The molecule has 130 valence electrons. The first-order valence-corrected chi connectivity index (χ1v) is 8.48. The van der Waals surface area contributed by atoms with Gasteiger partial charge in [0.15, 0.2) is 0 Å². The fraction of sp³-hybridized carbons (Fsp3) is 0.438. The molecule has 0 aliphatic heterocycles. The van der Waals surface area contributed by atoms with Crippen molar-refractivity contribution >= 4 is 22.4 Å². The Morgan fingerprint density at radius 3 is 2.75 bits per heavy atom. The van der Waals surface area contributed by atoms with Crippen LogP contribution in [0, 0.1) is 0 Å². The normalized spacial score (nSPS) is 11.5. The van der Waals surface area contributed by atoms with E-state index in [9.17, 15) is 18.0 Å². The highest BCUT2D eigenvalue weighted by molar-refractivity contribution is 7.15. The summed E-state index contributed by atoms with van der Waals surface area (Å²) in [5.41, 5.74) is -0.461. The Labute approximate surface area is 142 Å². The average Bonchev–Trinajstić information content (AvgIpc) is 2.94. The summed E-state index contributed by atoms with van der Waals surface area (Å²) in [5, 5.41) is 11.7. The molecule has 0 atom stereocenters. The van der Waals surface area contributed by atoms with Gasteiger partial charge >= 0.3 is 6.18 Å². The highest BCUT2D eigenvalue weighted by Gasteiger charge is 2.30. The van der Waals surface area contributed by atoms with Crippen LogP contribution in [0.4, 0.5) is 18.3 Å². The number of benzene rings is 1. The van der Waals surface area contributed by atoms with Crippen LogP contribution in [0.1, 0.15) is 42.3 Å². The van der Waals surface area contributed by atoms with Crippen molar-refractivity contribution in [1.29, 1.82) is 0 Å². The zero-order valence-electron chi connectivity index (χ0n) is 13.2. The third-order valence-electron chi connectivity index (χ3n) is 3.33. The van der Waals surface area contributed by atoms with Crippen LogP contribution < -0.4 is 5.32 Å². The van der Waals surface area contributed by atoms with Gasteiger partial charge in [0.05, 0.1) is 12.0 Å². The van der Waals surface area contributed by atoms with Gasteiger partial charge in [-0.1, -0.05) is 49.3 Å². The van der Waals surface area contributed by atoms with Crippen LogP contribution in [0.2, 0.25) is 0 Å². The molecule has 4 nitrogen and oxygen atoms in total. The van der Waals surface area contributed by atoms with E-state index in [-0.39, 0.29) is 6.42 Å². The molecule has 2 aromatic rings. The van der Waals surface area contributed by atoms with E-state index in [1.54, 1.807) is 0 Å². The van der Waals surface area contributed by atoms with Gasteiger partial charge in [0.2, 0.25) is 11.0 Å². The second-order valence-electron chi connectivity index (χ2n) is 5.38. The fourth-order valence-electron chi connectivity index (χ4n) is 2.14. The van der Waals surface area contributed by atoms with Crippen molar-refractivity contribution in [2.75, 3.05) is 5.32 Å². The third-order valence-corrected chi connectivity index (χ3v) is 4.22. The molecule has 0 spiro atoms. The summed E-state index contributed by atoms with van der Waals surface area (Å²) in [5.74, 6) is -0.411. The van der Waals surface area contributed by atoms with Crippen LogP contribution >= 0.6 is 11.3 Å². The average molecular weight is 357 g/mol. The van der Waals surface area contributed by atoms with E-state index in [2.05, 4.69) is 22.4 Å². The molecule has 0 saturated carbocycles. The molecular weight excluding hydrogens is 339 g/mol. The molecule has 8 heteroatoms. The predicted octanol–water partition coefficient (Wildman–Crippen LogP) is 4.47. The van der Waals surface area contributed by atoms with Crippen molar-refractivity contribution in [3.63, 3.8) is 0 Å². The van der Waals surface area contributed by atoms with Gasteiger partial charge in [0, 0.05) is 6.42 Å². The van der Waals surface area contributed by atoms with Crippen LogP contribution in [-0.2, 0) is 23.8 Å². The van der Waals surface area contributed by atoms with Gasteiger partial charge in [-0.05, 0) is 18.1 Å². The zero-order valence-corrected chi connectivity index (χ0v) is 14.0. The van der Waals surface area contributed by atoms with E-state index in [4.69, 9.17) is 0 Å². The summed E-state index contributed by atoms with van der Waals surface area (Å²) < 4.78 is 38.0. The Kier molecular flexibility index (Phi) is 6.30. The number of halogens is 3. The topological polar surface area (TPSA) is 54.9 Å². The Morgan fingerprint density at radius 1 is 1.25 bits per heavy atom. The number of unbranched alkanes of at least 4 members (excludes halogenated alkanes) is 2. The third kappa shape index (κ3) is 5.59. The van der Waals surface area contributed by atoms with Gasteiger partial charge < -0.3 is 5.32 Å². The summed E-state index contributed by atoms with van der Waals surface area (Å²) in [6, 6.07) is 4.75. The Hall–Kier alpha value is -1.96. The monoisotopic (exact) mass is 357 g/mol. The largest absolute Gasteiger partial charge is 0.416 e. The van der Waals surface area contributed by atoms with Gasteiger partial charge in [-0.2, -0.15) is 13.2 Å². The van der Waals surface area contributed by atoms with E-state index in [0.717, 1.165) is 42.8 Å². The highest BCUT2D eigenvalue weighted by Crippen LogP contribution is 2.29. The first-order chi connectivity index (χ1) is 11.4. The number of nitrogens with zero attached hydrogens (tertiary/aromatic N) is 2. The zero-order chi connectivity index (χ0) is 17.6. The lowest BCUT2D eigenvalue weighted by Crippen LogP contribution is -2.15. The number of alkyl halides is 3. The van der Waals surface area contributed by atoms with Gasteiger partial charge in [-0.15, -0.1) is 10.2 Å². The summed E-state index contributed by atoms with van der Waals surface area (Å²) >= 11 is 1.30. The van der Waals surface area contributed by atoms with Crippen molar-refractivity contribution in [2.24, 2.45) is 0 Å². The number of aromatic nitrogens is 2. The summed E-state index contributed by atoms with van der Waals surface area (Å²) in [6.45, 7) is 2.11. The van der Waals surface area contributed by atoms with Crippen molar-refractivity contribution in [1.82, 2.24) is 10.2 Å². The first-order valence-electron chi connectivity index (χ1n) is 7.67. The molecular formula is C16H18F3N3OS. The van der Waals surface area contributed by atoms with E-state index in [1.807, 2.05) is 0 Å². The molecule has 1 amide bonds. The van der Waals surface area contributed by atoms with E-state index < -0.39 is 17.6 Å². The molecule has 0 fully saturated rings. The molecule has 1 N–H and O–H groups in total. The molecule has 2 rings (SSSR count). The van der Waals surface area contributed by atoms with Crippen LogP contribution in [0.15, 0.2) is 24.3 Å². The summed E-state index contributed by atoms with van der Waals surface area (Å²) in [6.07, 6.45) is -0.512. The Bertz CT molecular complexity index is 685.